The molecule has 2 rings (SSSR count). The van der Waals surface area contributed by atoms with Gasteiger partial charge in [0.15, 0.2) is 0 Å². The first-order chi connectivity index (χ1) is 9.32. The van der Waals surface area contributed by atoms with Crippen LogP contribution in [0.4, 0.5) is 23.2 Å². The monoisotopic (exact) mass is 290 g/mol. The summed E-state index contributed by atoms with van der Waals surface area (Å²) in [6.07, 6.45) is -4.08. The third kappa shape index (κ3) is 2.92. The van der Waals surface area contributed by atoms with Crippen molar-refractivity contribution in [3.63, 3.8) is 0 Å². The predicted molar refractivity (Wildman–Crippen MR) is 65.8 cm³/mol. The van der Waals surface area contributed by atoms with Crippen LogP contribution in [0.2, 0.25) is 0 Å². The molecule has 1 unspecified atom stereocenters. The number of carbonyl (C=O) groups is 1. The van der Waals surface area contributed by atoms with Gasteiger partial charge < -0.3 is 10.6 Å². The maximum absolute atomic E-state index is 13.9. The number of carbonyl (C=O) groups excluding carboxylic acids is 1. The summed E-state index contributed by atoms with van der Waals surface area (Å²) in [4.78, 5) is 11.2. The van der Waals surface area contributed by atoms with Crippen LogP contribution in [0.5, 0.6) is 0 Å². The maximum atomic E-state index is 13.9. The van der Waals surface area contributed by atoms with E-state index in [1.165, 1.54) is 13.0 Å². The molecule has 1 aromatic rings. The second kappa shape index (κ2) is 5.40. The van der Waals surface area contributed by atoms with Gasteiger partial charge in [0.1, 0.15) is 11.9 Å². The summed E-state index contributed by atoms with van der Waals surface area (Å²) >= 11 is 0. The Morgan fingerprint density at radius 2 is 2.05 bits per heavy atom. The highest BCUT2D eigenvalue weighted by molar-refractivity contribution is 5.93. The summed E-state index contributed by atoms with van der Waals surface area (Å²) in [6.45, 7) is 1.59. The number of amides is 1. The van der Waals surface area contributed by atoms with Crippen LogP contribution in [0.25, 0.3) is 0 Å². The molecular formula is C13H14F4N2O. The molecule has 0 aromatic heterocycles. The first kappa shape index (κ1) is 14.8. The fourth-order valence-electron chi connectivity index (χ4n) is 2.25. The number of aryl methyl sites for hydroxylation is 1. The number of hydrogen-bond acceptors (Lipinski definition) is 2. The van der Waals surface area contributed by atoms with E-state index in [0.717, 1.165) is 6.07 Å². The lowest BCUT2D eigenvalue weighted by atomic mass is 9.96. The Kier molecular flexibility index (Phi) is 3.99. The van der Waals surface area contributed by atoms with Gasteiger partial charge in [-0.1, -0.05) is 6.92 Å². The molecule has 0 spiro atoms. The molecule has 7 heteroatoms. The summed E-state index contributed by atoms with van der Waals surface area (Å²) in [6, 6.07) is 0.0957. The number of rotatable bonds is 3. The zero-order chi connectivity index (χ0) is 14.9. The fraction of sp³-hybridized carbons (Fsp3) is 0.462. The Labute approximate surface area is 113 Å². The normalized spacial score (nSPS) is 16.6. The average Bonchev–Trinajstić information content (AvgIpc) is 2.34. The van der Waals surface area contributed by atoms with Gasteiger partial charge in [0.2, 0.25) is 5.91 Å². The van der Waals surface area contributed by atoms with Gasteiger partial charge in [0.25, 0.3) is 0 Å². The predicted octanol–water partition coefficient (Wildman–Crippen LogP) is 2.92. The molecule has 1 atom stereocenters. The van der Waals surface area contributed by atoms with Crippen LogP contribution in [0.1, 0.15) is 30.5 Å². The highest BCUT2D eigenvalue weighted by Gasteiger charge is 2.42. The number of halogens is 4. The molecule has 0 bridgehead atoms. The molecule has 1 aromatic carbocycles. The van der Waals surface area contributed by atoms with Crippen LogP contribution < -0.4 is 10.6 Å². The van der Waals surface area contributed by atoms with E-state index in [1.807, 2.05) is 0 Å². The minimum atomic E-state index is -4.58. The third-order valence-electron chi connectivity index (χ3n) is 3.16. The Morgan fingerprint density at radius 3 is 2.65 bits per heavy atom. The van der Waals surface area contributed by atoms with E-state index < -0.39 is 23.6 Å². The fourth-order valence-corrected chi connectivity index (χ4v) is 2.25. The van der Waals surface area contributed by atoms with Crippen LogP contribution in [-0.2, 0) is 11.2 Å². The second-order valence-corrected chi connectivity index (χ2v) is 4.61. The van der Waals surface area contributed by atoms with Crippen molar-refractivity contribution in [2.75, 3.05) is 11.9 Å². The molecule has 1 heterocycles. The summed E-state index contributed by atoms with van der Waals surface area (Å²) in [5, 5.41) is 4.70. The van der Waals surface area contributed by atoms with Crippen molar-refractivity contribution >= 4 is 11.6 Å². The minimum absolute atomic E-state index is 0.0669. The van der Waals surface area contributed by atoms with Crippen molar-refractivity contribution in [1.82, 2.24) is 5.32 Å². The van der Waals surface area contributed by atoms with E-state index >= 15 is 0 Å². The maximum Gasteiger partial charge on any atom is 0.408 e. The largest absolute Gasteiger partial charge is 0.408 e. The molecule has 1 aliphatic heterocycles. The van der Waals surface area contributed by atoms with Crippen molar-refractivity contribution in [3.05, 3.63) is 29.1 Å². The lowest BCUT2D eigenvalue weighted by molar-refractivity contribution is -0.158. The summed E-state index contributed by atoms with van der Waals surface area (Å²) in [7, 11) is 0. The van der Waals surface area contributed by atoms with E-state index in [9.17, 15) is 22.4 Å². The van der Waals surface area contributed by atoms with E-state index in [2.05, 4.69) is 10.6 Å². The average molecular weight is 290 g/mol. The molecule has 20 heavy (non-hydrogen) atoms. The molecule has 0 saturated carbocycles. The summed E-state index contributed by atoms with van der Waals surface area (Å²) in [5.41, 5.74) is 0.335. The van der Waals surface area contributed by atoms with Crippen LogP contribution >= 0.6 is 0 Å². The number of fused-ring (bicyclic) bond motifs is 1. The Bertz CT molecular complexity index is 528. The van der Waals surface area contributed by atoms with Gasteiger partial charge >= 0.3 is 6.18 Å². The standard InChI is InChI=1S/C13H14F4N2O/c1-2-18-12(13(15,16)17)8-5-7-3-4-11(20)19-10(7)6-9(8)14/h5-6,12,18H,2-4H2,1H3,(H,19,20). The molecule has 1 aliphatic rings. The smallest absolute Gasteiger partial charge is 0.326 e. The van der Waals surface area contributed by atoms with Gasteiger partial charge in [0.05, 0.1) is 0 Å². The van der Waals surface area contributed by atoms with Crippen molar-refractivity contribution < 1.29 is 22.4 Å². The van der Waals surface area contributed by atoms with Crippen molar-refractivity contribution in [1.29, 1.82) is 0 Å². The SMILES string of the molecule is CCNC(c1cc2c(cc1F)NC(=O)CC2)C(F)(F)F. The zero-order valence-corrected chi connectivity index (χ0v) is 10.8. The number of anilines is 1. The van der Waals surface area contributed by atoms with Crippen molar-refractivity contribution in [3.8, 4) is 0 Å². The molecule has 0 aliphatic carbocycles. The van der Waals surface area contributed by atoms with Gasteiger partial charge in [-0.2, -0.15) is 13.2 Å². The Balaban J connectivity index is 2.43. The lowest BCUT2D eigenvalue weighted by Gasteiger charge is -2.24. The summed E-state index contributed by atoms with van der Waals surface area (Å²) < 4.78 is 52.8. The van der Waals surface area contributed by atoms with Crippen LogP contribution in [0, 0.1) is 5.82 Å². The molecule has 0 fully saturated rings. The van der Waals surface area contributed by atoms with E-state index in [1.54, 1.807) is 0 Å². The Morgan fingerprint density at radius 1 is 1.35 bits per heavy atom. The Hall–Kier alpha value is -1.63. The number of nitrogens with one attached hydrogen (secondary N) is 2. The molecule has 0 radical (unpaired) electrons. The van der Waals surface area contributed by atoms with Gasteiger partial charge in [-0.05, 0) is 30.7 Å². The van der Waals surface area contributed by atoms with Crippen molar-refractivity contribution in [2.45, 2.75) is 32.0 Å². The van der Waals surface area contributed by atoms with Gasteiger partial charge in [-0.25, -0.2) is 4.39 Å². The topological polar surface area (TPSA) is 41.1 Å². The quantitative estimate of drug-likeness (QED) is 0.840. The number of benzene rings is 1. The molecular weight excluding hydrogens is 276 g/mol. The van der Waals surface area contributed by atoms with Crippen LogP contribution in [0.15, 0.2) is 12.1 Å². The van der Waals surface area contributed by atoms with Gasteiger partial charge in [0, 0.05) is 17.7 Å². The third-order valence-corrected chi connectivity index (χ3v) is 3.16. The highest BCUT2D eigenvalue weighted by Crippen LogP contribution is 2.36. The number of hydrogen-bond donors (Lipinski definition) is 2. The lowest BCUT2D eigenvalue weighted by Crippen LogP contribution is -2.35. The van der Waals surface area contributed by atoms with Gasteiger partial charge in [-0.3, -0.25) is 4.79 Å². The highest BCUT2D eigenvalue weighted by atomic mass is 19.4. The molecule has 110 valence electrons. The zero-order valence-electron chi connectivity index (χ0n) is 10.8. The van der Waals surface area contributed by atoms with E-state index in [4.69, 9.17) is 0 Å². The molecule has 0 saturated heterocycles. The first-order valence-corrected chi connectivity index (χ1v) is 6.25. The summed E-state index contributed by atoms with van der Waals surface area (Å²) in [5.74, 6) is -1.24. The van der Waals surface area contributed by atoms with E-state index in [0.29, 0.717) is 12.0 Å². The van der Waals surface area contributed by atoms with E-state index in [-0.39, 0.29) is 24.6 Å². The van der Waals surface area contributed by atoms with Crippen molar-refractivity contribution in [2.24, 2.45) is 0 Å². The molecule has 3 nitrogen and oxygen atoms in total. The number of alkyl halides is 3. The first-order valence-electron chi connectivity index (χ1n) is 6.25. The molecule has 2 N–H and O–H groups in total. The molecule has 1 amide bonds. The van der Waals surface area contributed by atoms with Gasteiger partial charge in [-0.15, -0.1) is 0 Å². The second-order valence-electron chi connectivity index (χ2n) is 4.61. The van der Waals surface area contributed by atoms with Crippen LogP contribution in [0.3, 0.4) is 0 Å². The minimum Gasteiger partial charge on any atom is -0.326 e. The van der Waals surface area contributed by atoms with Crippen LogP contribution in [-0.4, -0.2) is 18.6 Å².